The summed E-state index contributed by atoms with van der Waals surface area (Å²) in [5.74, 6) is 0. The number of nitrogens with zero attached hydrogens (tertiary/aromatic N) is 3. The second-order valence-electron chi connectivity index (χ2n) is 4.96. The smallest absolute Gasteiger partial charge is 0.165 e. The number of rotatable bonds is 2. The maximum atomic E-state index is 4.59. The van der Waals surface area contributed by atoms with Gasteiger partial charge in [-0.15, -0.1) is 12.6 Å². The van der Waals surface area contributed by atoms with Crippen molar-refractivity contribution in [3.05, 3.63) is 30.3 Å². The Hall–Kier alpha value is -1.00. The minimum atomic E-state index is -0.0340. The van der Waals surface area contributed by atoms with E-state index in [-0.39, 0.29) is 5.50 Å². The van der Waals surface area contributed by atoms with Crippen molar-refractivity contribution in [2.24, 2.45) is 4.99 Å². The summed E-state index contributed by atoms with van der Waals surface area (Å²) in [6.07, 6.45) is 8.43. The molecule has 0 saturated heterocycles. The van der Waals surface area contributed by atoms with Crippen LogP contribution in [0.25, 0.3) is 0 Å². The summed E-state index contributed by atoms with van der Waals surface area (Å²) in [4.78, 5) is 4.44. The molecule has 96 valence electrons. The van der Waals surface area contributed by atoms with Crippen LogP contribution in [-0.4, -0.2) is 22.9 Å². The van der Waals surface area contributed by atoms with Crippen molar-refractivity contribution < 1.29 is 0 Å². The van der Waals surface area contributed by atoms with Gasteiger partial charge in [0.15, 0.2) is 5.50 Å². The maximum Gasteiger partial charge on any atom is 0.165 e. The van der Waals surface area contributed by atoms with Crippen molar-refractivity contribution in [3.8, 4) is 0 Å². The van der Waals surface area contributed by atoms with Crippen LogP contribution in [0.3, 0.4) is 0 Å². The van der Waals surface area contributed by atoms with Crippen molar-refractivity contribution in [1.82, 2.24) is 5.01 Å². The van der Waals surface area contributed by atoms with Gasteiger partial charge in [0, 0.05) is 6.04 Å². The van der Waals surface area contributed by atoms with Crippen molar-refractivity contribution in [2.75, 3.05) is 5.01 Å². The second-order valence-corrected chi connectivity index (χ2v) is 5.42. The molecule has 0 spiro atoms. The molecule has 3 rings (SSSR count). The van der Waals surface area contributed by atoms with Gasteiger partial charge in [0.25, 0.3) is 0 Å². The standard InChI is InChI=1S/C14H19N3S/c18-14-15-11-16(12-7-3-1-4-8-12)17(14)13-9-5-2-6-10-13/h1,3-4,7-8,11,13-14,18H,2,5-6,9-10H2. The minimum Gasteiger partial charge on any atom is -0.261 e. The van der Waals surface area contributed by atoms with E-state index in [9.17, 15) is 0 Å². The molecule has 1 aromatic rings. The Bertz CT molecular complexity index is 414. The van der Waals surface area contributed by atoms with Gasteiger partial charge in [-0.25, -0.2) is 4.99 Å². The number of para-hydroxylation sites is 1. The molecule has 18 heavy (non-hydrogen) atoms. The molecule has 1 atom stereocenters. The predicted octanol–water partition coefficient (Wildman–Crippen LogP) is 3.30. The quantitative estimate of drug-likeness (QED) is 0.824. The van der Waals surface area contributed by atoms with E-state index < -0.39 is 0 Å². The lowest BCUT2D eigenvalue weighted by molar-refractivity contribution is 0.165. The van der Waals surface area contributed by atoms with Gasteiger partial charge in [-0.2, -0.15) is 5.01 Å². The second kappa shape index (κ2) is 5.33. The predicted molar refractivity (Wildman–Crippen MR) is 78.9 cm³/mol. The van der Waals surface area contributed by atoms with Crippen LogP contribution in [0.5, 0.6) is 0 Å². The van der Waals surface area contributed by atoms with E-state index in [1.165, 1.54) is 37.8 Å². The summed E-state index contributed by atoms with van der Waals surface area (Å²) in [5.41, 5.74) is 1.14. The first kappa shape index (κ1) is 12.1. The summed E-state index contributed by atoms with van der Waals surface area (Å²) in [6, 6.07) is 11.0. The number of hydrogen-bond donors (Lipinski definition) is 1. The molecular weight excluding hydrogens is 242 g/mol. The molecule has 1 saturated carbocycles. The van der Waals surface area contributed by atoms with Gasteiger partial charge in [0.1, 0.15) is 6.34 Å². The van der Waals surface area contributed by atoms with E-state index in [0.717, 1.165) is 0 Å². The number of hydrogen-bond acceptors (Lipinski definition) is 4. The van der Waals surface area contributed by atoms with Crippen molar-refractivity contribution in [2.45, 2.75) is 43.6 Å². The maximum absolute atomic E-state index is 4.59. The van der Waals surface area contributed by atoms with E-state index in [0.29, 0.717) is 6.04 Å². The van der Waals surface area contributed by atoms with Crippen LogP contribution in [-0.2, 0) is 0 Å². The fraction of sp³-hybridized carbons (Fsp3) is 0.500. The van der Waals surface area contributed by atoms with Crippen molar-refractivity contribution in [1.29, 1.82) is 0 Å². The van der Waals surface area contributed by atoms with Gasteiger partial charge < -0.3 is 0 Å². The van der Waals surface area contributed by atoms with Crippen LogP contribution in [0.4, 0.5) is 5.69 Å². The third-order valence-electron chi connectivity index (χ3n) is 3.76. The van der Waals surface area contributed by atoms with E-state index in [1.54, 1.807) is 0 Å². The summed E-state index contributed by atoms with van der Waals surface area (Å²) in [5, 5.41) is 4.48. The summed E-state index contributed by atoms with van der Waals surface area (Å²) < 4.78 is 0. The van der Waals surface area contributed by atoms with Crippen molar-refractivity contribution >= 4 is 24.7 Å². The molecule has 1 heterocycles. The van der Waals surface area contributed by atoms with E-state index in [1.807, 2.05) is 12.4 Å². The van der Waals surface area contributed by atoms with Gasteiger partial charge in [-0.3, -0.25) is 5.01 Å². The first-order valence-electron chi connectivity index (χ1n) is 6.70. The SMILES string of the molecule is SC1N=CN(c2ccccc2)N1C1CCCCC1. The first-order valence-corrected chi connectivity index (χ1v) is 7.22. The molecule has 1 fully saturated rings. The van der Waals surface area contributed by atoms with E-state index in [4.69, 9.17) is 0 Å². The number of hydrazine groups is 1. The van der Waals surface area contributed by atoms with E-state index in [2.05, 4.69) is 51.9 Å². The van der Waals surface area contributed by atoms with Crippen LogP contribution in [0.15, 0.2) is 35.3 Å². The van der Waals surface area contributed by atoms with Gasteiger partial charge in [-0.1, -0.05) is 37.5 Å². The van der Waals surface area contributed by atoms with Crippen molar-refractivity contribution in [3.63, 3.8) is 0 Å². The lowest BCUT2D eigenvalue weighted by atomic mass is 9.95. The fourth-order valence-corrected chi connectivity index (χ4v) is 3.21. The zero-order chi connectivity index (χ0) is 12.4. The van der Waals surface area contributed by atoms with E-state index >= 15 is 0 Å². The average molecular weight is 261 g/mol. The van der Waals surface area contributed by atoms with Gasteiger partial charge in [0.2, 0.25) is 0 Å². The highest BCUT2D eigenvalue weighted by molar-refractivity contribution is 7.80. The molecular formula is C14H19N3S. The highest BCUT2D eigenvalue weighted by atomic mass is 32.1. The fourth-order valence-electron chi connectivity index (χ4n) is 2.85. The molecule has 2 aliphatic rings. The molecule has 3 nitrogen and oxygen atoms in total. The molecule has 0 bridgehead atoms. The van der Waals surface area contributed by atoms with Gasteiger partial charge >= 0.3 is 0 Å². The third kappa shape index (κ3) is 2.27. The lowest BCUT2D eigenvalue weighted by Crippen LogP contribution is -2.48. The monoisotopic (exact) mass is 261 g/mol. The van der Waals surface area contributed by atoms with Gasteiger partial charge in [-0.05, 0) is 25.0 Å². The Labute approximate surface area is 114 Å². The Morgan fingerprint density at radius 1 is 1.06 bits per heavy atom. The molecule has 4 heteroatoms. The van der Waals surface area contributed by atoms with Crippen LogP contribution in [0, 0.1) is 0 Å². The van der Waals surface area contributed by atoms with Crippen LogP contribution in [0.2, 0.25) is 0 Å². The molecule has 1 unspecified atom stereocenters. The number of thiol groups is 1. The normalized spacial score (nSPS) is 25.8. The molecule has 0 N–H and O–H groups in total. The summed E-state index contributed by atoms with van der Waals surface area (Å²) >= 11 is 4.59. The largest absolute Gasteiger partial charge is 0.261 e. The highest BCUT2D eigenvalue weighted by Gasteiger charge is 2.33. The zero-order valence-electron chi connectivity index (χ0n) is 10.4. The van der Waals surface area contributed by atoms with Crippen LogP contribution >= 0.6 is 12.6 Å². The molecule has 0 amide bonds. The minimum absolute atomic E-state index is 0.0340. The number of aliphatic imine (C=N–C) groups is 1. The first-order chi connectivity index (χ1) is 8.86. The molecule has 1 aliphatic carbocycles. The average Bonchev–Trinajstić information content (AvgIpc) is 2.83. The lowest BCUT2D eigenvalue weighted by Gasteiger charge is -2.38. The Kier molecular flexibility index (Phi) is 3.57. The number of anilines is 1. The highest BCUT2D eigenvalue weighted by Crippen LogP contribution is 2.31. The number of benzene rings is 1. The van der Waals surface area contributed by atoms with Crippen LogP contribution < -0.4 is 5.01 Å². The third-order valence-corrected chi connectivity index (χ3v) is 4.13. The summed E-state index contributed by atoms with van der Waals surface area (Å²) in [6.45, 7) is 0. The van der Waals surface area contributed by atoms with Crippen LogP contribution in [0.1, 0.15) is 32.1 Å². The molecule has 1 aliphatic heterocycles. The van der Waals surface area contributed by atoms with Gasteiger partial charge in [0.05, 0.1) is 5.69 Å². The summed E-state index contributed by atoms with van der Waals surface area (Å²) in [7, 11) is 0. The molecule has 1 aromatic carbocycles. The Balaban J connectivity index is 1.82. The molecule has 0 radical (unpaired) electrons. The zero-order valence-corrected chi connectivity index (χ0v) is 11.3. The Morgan fingerprint density at radius 2 is 1.78 bits per heavy atom. The Morgan fingerprint density at radius 3 is 2.50 bits per heavy atom. The molecule has 0 aromatic heterocycles. The topological polar surface area (TPSA) is 18.8 Å².